The van der Waals surface area contributed by atoms with Crippen LogP contribution in [-0.4, -0.2) is 7.54 Å². The molecule has 0 aliphatic rings. The third-order valence-corrected chi connectivity index (χ3v) is 1.83. The number of aryl methyl sites for hydroxylation is 2. The molecule has 0 fully saturated rings. The minimum atomic E-state index is -3.67. The zero-order chi connectivity index (χ0) is 11.7. The Bertz CT molecular complexity index is 251. The number of pyridine rings is 1. The van der Waals surface area contributed by atoms with Crippen molar-refractivity contribution in [3.63, 3.8) is 0 Å². The minimum Gasteiger partial charge on any atom is -1.00 e. The van der Waals surface area contributed by atoms with Crippen molar-refractivity contribution in [3.8, 4) is 0 Å². The summed E-state index contributed by atoms with van der Waals surface area (Å²) in [5, 5.41) is 0. The van der Waals surface area contributed by atoms with Gasteiger partial charge in [0, 0.05) is 18.6 Å². The molecule has 0 spiro atoms. The molecular weight excluding hydrogens is 221 g/mol. The Morgan fingerprint density at radius 1 is 1.19 bits per heavy atom. The molecule has 92 valence electrons. The van der Waals surface area contributed by atoms with Crippen LogP contribution in [0.1, 0.15) is 25.3 Å². The molecule has 1 rings (SSSR count). The molecule has 6 heteroatoms. The van der Waals surface area contributed by atoms with Gasteiger partial charge in [0.05, 0.1) is 0 Å². The second kappa shape index (κ2) is 10.5. The maximum atomic E-state index is 9.67. The number of halogens is 4. The first kappa shape index (κ1) is 17.3. The fourth-order valence-electron chi connectivity index (χ4n) is 1.02. The van der Waals surface area contributed by atoms with E-state index in [-0.39, 0.29) is 4.70 Å². The molecule has 0 amide bonds. The van der Waals surface area contributed by atoms with E-state index in [9.17, 15) is 12.9 Å². The maximum Gasteiger partial charge on any atom is 0.762 e. The molecule has 16 heavy (non-hydrogen) atoms. The van der Waals surface area contributed by atoms with E-state index in [1.54, 1.807) is 0 Å². The van der Waals surface area contributed by atoms with Gasteiger partial charge in [0.1, 0.15) is 6.54 Å². The van der Waals surface area contributed by atoms with E-state index in [1.165, 1.54) is 18.4 Å². The van der Waals surface area contributed by atoms with Crippen LogP contribution in [0, 0.1) is 6.92 Å². The SMILES string of the molecule is CCCC[n+]1ccc(C)cc1.FB(F)F.[F-]. The average Bonchev–Trinajstić information content (AvgIpc) is 2.16. The first-order valence-corrected chi connectivity index (χ1v) is 4.94. The molecule has 0 atom stereocenters. The van der Waals surface area contributed by atoms with Gasteiger partial charge < -0.3 is 4.70 Å². The van der Waals surface area contributed by atoms with Crippen molar-refractivity contribution in [2.75, 3.05) is 0 Å². The van der Waals surface area contributed by atoms with Crippen molar-refractivity contribution in [1.29, 1.82) is 0 Å². The standard InChI is InChI=1S/C10H16N.BF3.FH/c1-3-4-7-11-8-5-10(2)6-9-11;2-1(3)4;/h5-6,8-9H,3-4,7H2,1-2H3;;1H/q+1;;/p-1. The molecule has 0 unspecified atom stereocenters. The lowest BCUT2D eigenvalue weighted by Gasteiger charge is -1.94. The van der Waals surface area contributed by atoms with E-state index in [4.69, 9.17) is 0 Å². The van der Waals surface area contributed by atoms with Gasteiger partial charge in [-0.15, -0.1) is 0 Å². The molecule has 1 aromatic heterocycles. The summed E-state index contributed by atoms with van der Waals surface area (Å²) in [7, 11) is -3.67. The summed E-state index contributed by atoms with van der Waals surface area (Å²) in [6.45, 7) is 5.48. The van der Waals surface area contributed by atoms with Crippen LogP contribution in [0.3, 0.4) is 0 Å². The first-order valence-electron chi connectivity index (χ1n) is 4.94. The molecule has 0 saturated heterocycles. The van der Waals surface area contributed by atoms with Crippen LogP contribution in [0.2, 0.25) is 0 Å². The van der Waals surface area contributed by atoms with E-state index in [1.807, 2.05) is 0 Å². The number of unbranched alkanes of at least 4 members (excludes halogenated alkanes) is 1. The predicted octanol–water partition coefficient (Wildman–Crippen LogP) is -0.0336. The topological polar surface area (TPSA) is 3.88 Å². The maximum absolute atomic E-state index is 9.67. The first-order chi connectivity index (χ1) is 7.06. The zero-order valence-corrected chi connectivity index (χ0v) is 9.47. The molecule has 1 heterocycles. The second-order valence-corrected chi connectivity index (χ2v) is 3.21. The Labute approximate surface area is 93.9 Å². The van der Waals surface area contributed by atoms with Crippen molar-refractivity contribution in [1.82, 2.24) is 0 Å². The third-order valence-electron chi connectivity index (χ3n) is 1.83. The Balaban J connectivity index is 0. The van der Waals surface area contributed by atoms with Crippen LogP contribution in [0.5, 0.6) is 0 Å². The third kappa shape index (κ3) is 11.0. The molecule has 1 nitrogen and oxygen atoms in total. The molecule has 0 saturated carbocycles. The largest absolute Gasteiger partial charge is 1.00 e. The molecular formula is C10H16BF4N. The van der Waals surface area contributed by atoms with Gasteiger partial charge in [-0.05, 0) is 12.5 Å². The van der Waals surface area contributed by atoms with Crippen LogP contribution in [0.25, 0.3) is 0 Å². The quantitative estimate of drug-likeness (QED) is 0.395. The summed E-state index contributed by atoms with van der Waals surface area (Å²) in [5.74, 6) is 0. The fourth-order valence-corrected chi connectivity index (χ4v) is 1.02. The number of hydrogen-bond acceptors (Lipinski definition) is 0. The highest BCUT2D eigenvalue weighted by Gasteiger charge is 2.06. The van der Waals surface area contributed by atoms with Crippen LogP contribution in [-0.2, 0) is 6.54 Å². The van der Waals surface area contributed by atoms with Gasteiger partial charge >= 0.3 is 7.54 Å². The highest BCUT2D eigenvalue weighted by atomic mass is 19.4. The predicted molar refractivity (Wildman–Crippen MR) is 55.4 cm³/mol. The Hall–Kier alpha value is -1.07. The van der Waals surface area contributed by atoms with E-state index < -0.39 is 7.54 Å². The molecule has 0 bridgehead atoms. The molecule has 0 aliphatic carbocycles. The highest BCUT2D eigenvalue weighted by Crippen LogP contribution is 1.91. The number of nitrogens with zero attached hydrogens (tertiary/aromatic N) is 1. The average molecular weight is 237 g/mol. The second-order valence-electron chi connectivity index (χ2n) is 3.21. The summed E-state index contributed by atoms with van der Waals surface area (Å²) in [4.78, 5) is 0. The lowest BCUT2D eigenvalue weighted by atomic mass is 10.3. The van der Waals surface area contributed by atoms with Gasteiger partial charge in [-0.3, -0.25) is 12.9 Å². The van der Waals surface area contributed by atoms with E-state index in [0.717, 1.165) is 6.54 Å². The minimum absolute atomic E-state index is 0. The van der Waals surface area contributed by atoms with Crippen molar-refractivity contribution >= 4 is 7.54 Å². The Kier molecular flexibility index (Phi) is 11.3. The smallest absolute Gasteiger partial charge is 0.762 e. The number of aromatic nitrogens is 1. The van der Waals surface area contributed by atoms with Gasteiger partial charge in [0.25, 0.3) is 0 Å². The molecule has 0 aliphatic heterocycles. The van der Waals surface area contributed by atoms with Gasteiger partial charge in [-0.2, -0.15) is 0 Å². The summed E-state index contributed by atoms with van der Waals surface area (Å²) in [6.07, 6.45) is 6.82. The molecule has 0 aromatic carbocycles. The Morgan fingerprint density at radius 2 is 1.62 bits per heavy atom. The van der Waals surface area contributed by atoms with Crippen LogP contribution < -0.4 is 9.27 Å². The van der Waals surface area contributed by atoms with Gasteiger partial charge in [0.2, 0.25) is 0 Å². The lowest BCUT2D eigenvalue weighted by Crippen LogP contribution is -3.00. The van der Waals surface area contributed by atoms with Gasteiger partial charge in [0.15, 0.2) is 12.4 Å². The van der Waals surface area contributed by atoms with Crippen LogP contribution >= 0.6 is 0 Å². The zero-order valence-electron chi connectivity index (χ0n) is 9.47. The summed E-state index contributed by atoms with van der Waals surface area (Å²) < 4.78 is 31.2. The van der Waals surface area contributed by atoms with Crippen LogP contribution in [0.15, 0.2) is 24.5 Å². The molecule has 0 N–H and O–H groups in total. The van der Waals surface area contributed by atoms with Crippen molar-refractivity contribution < 1.29 is 22.2 Å². The monoisotopic (exact) mass is 237 g/mol. The van der Waals surface area contributed by atoms with Crippen molar-refractivity contribution in [2.24, 2.45) is 0 Å². The van der Waals surface area contributed by atoms with E-state index in [0.29, 0.717) is 0 Å². The number of hydrogen-bond donors (Lipinski definition) is 0. The summed E-state index contributed by atoms with van der Waals surface area (Å²) >= 11 is 0. The van der Waals surface area contributed by atoms with Crippen molar-refractivity contribution in [2.45, 2.75) is 33.2 Å². The highest BCUT2D eigenvalue weighted by molar-refractivity contribution is 6.33. The van der Waals surface area contributed by atoms with Crippen LogP contribution in [0.4, 0.5) is 12.9 Å². The van der Waals surface area contributed by atoms with Crippen molar-refractivity contribution in [3.05, 3.63) is 30.1 Å². The fraction of sp³-hybridized carbons (Fsp3) is 0.500. The van der Waals surface area contributed by atoms with Gasteiger partial charge in [-0.1, -0.05) is 13.3 Å². The summed E-state index contributed by atoms with van der Waals surface area (Å²) in [6, 6.07) is 4.30. The molecule has 0 radical (unpaired) electrons. The van der Waals surface area contributed by atoms with E-state index in [2.05, 4.69) is 42.9 Å². The van der Waals surface area contributed by atoms with Gasteiger partial charge in [-0.25, -0.2) is 4.57 Å². The summed E-state index contributed by atoms with van der Waals surface area (Å²) in [5.41, 5.74) is 1.33. The molecule has 1 aromatic rings. The van der Waals surface area contributed by atoms with E-state index >= 15 is 0 Å². The lowest BCUT2D eigenvalue weighted by molar-refractivity contribution is -0.697. The normalized spacial score (nSPS) is 8.56. The Morgan fingerprint density at radius 3 is 2.00 bits per heavy atom. The number of rotatable bonds is 3.